The van der Waals surface area contributed by atoms with E-state index < -0.39 is 24.4 Å². The molecule has 0 radical (unpaired) electrons. The van der Waals surface area contributed by atoms with E-state index in [2.05, 4.69) is 39.8 Å². The van der Waals surface area contributed by atoms with E-state index >= 15 is 0 Å². The molecular formula is C20H31NO3SSi. The van der Waals surface area contributed by atoms with Gasteiger partial charge < -0.3 is 4.43 Å². The zero-order valence-electron chi connectivity index (χ0n) is 17.2. The van der Waals surface area contributed by atoms with Crippen LogP contribution in [0, 0.1) is 33.1 Å². The first-order valence-electron chi connectivity index (χ1n) is 8.95. The minimum absolute atomic E-state index is 0.0708. The van der Waals surface area contributed by atoms with Gasteiger partial charge in [0.25, 0.3) is 0 Å². The Morgan fingerprint density at radius 3 is 2.12 bits per heavy atom. The van der Waals surface area contributed by atoms with Gasteiger partial charge in [-0.3, -0.25) is 0 Å². The van der Waals surface area contributed by atoms with Crippen LogP contribution >= 0.6 is 0 Å². The third-order valence-electron chi connectivity index (χ3n) is 5.61. The van der Waals surface area contributed by atoms with Gasteiger partial charge in [0.1, 0.15) is 6.04 Å². The van der Waals surface area contributed by atoms with Crippen LogP contribution in [0.15, 0.2) is 17.0 Å². The summed E-state index contributed by atoms with van der Waals surface area (Å²) in [5.74, 6) is 2.62. The van der Waals surface area contributed by atoms with Crippen molar-refractivity contribution < 1.29 is 12.8 Å². The van der Waals surface area contributed by atoms with E-state index in [1.165, 1.54) is 4.31 Å². The first-order chi connectivity index (χ1) is 11.7. The molecule has 1 fully saturated rings. The van der Waals surface area contributed by atoms with Crippen molar-refractivity contribution in [2.24, 2.45) is 0 Å². The van der Waals surface area contributed by atoms with Crippen molar-refractivity contribution in [3.8, 4) is 12.3 Å². The number of terminal acetylenes is 1. The second kappa shape index (κ2) is 6.79. The molecule has 1 heterocycles. The molecule has 26 heavy (non-hydrogen) atoms. The topological polar surface area (TPSA) is 46.4 Å². The molecule has 1 aliphatic heterocycles. The van der Waals surface area contributed by atoms with Gasteiger partial charge in [0.2, 0.25) is 10.0 Å². The second-order valence-electron chi connectivity index (χ2n) is 8.81. The summed E-state index contributed by atoms with van der Waals surface area (Å²) in [6.45, 7) is 16.8. The average molecular weight is 394 g/mol. The summed E-state index contributed by atoms with van der Waals surface area (Å²) in [6.07, 6.45) is 5.61. The lowest BCUT2D eigenvalue weighted by Gasteiger charge is -2.36. The summed E-state index contributed by atoms with van der Waals surface area (Å²) in [5, 5.41) is 0.0708. The fourth-order valence-electron chi connectivity index (χ4n) is 3.12. The molecule has 1 saturated heterocycles. The molecule has 1 aromatic rings. The van der Waals surface area contributed by atoms with Gasteiger partial charge in [-0.05, 0) is 50.0 Å². The molecule has 0 N–H and O–H groups in total. The number of hydrogen-bond acceptors (Lipinski definition) is 3. The van der Waals surface area contributed by atoms with Gasteiger partial charge >= 0.3 is 0 Å². The van der Waals surface area contributed by atoms with Crippen LogP contribution in [-0.2, 0) is 14.4 Å². The van der Waals surface area contributed by atoms with E-state index in [1.807, 2.05) is 32.9 Å². The highest BCUT2D eigenvalue weighted by Gasteiger charge is 2.56. The molecule has 0 aliphatic carbocycles. The van der Waals surface area contributed by atoms with Gasteiger partial charge in [-0.1, -0.05) is 44.4 Å². The number of rotatable bonds is 5. The van der Waals surface area contributed by atoms with Gasteiger partial charge in [-0.25, -0.2) is 8.42 Å². The second-order valence-corrected chi connectivity index (χ2v) is 15.4. The Morgan fingerprint density at radius 1 is 1.19 bits per heavy atom. The average Bonchev–Trinajstić information content (AvgIpc) is 3.16. The zero-order valence-corrected chi connectivity index (χ0v) is 19.0. The standard InChI is InChI=1S/C20H31NO3SSi/c1-10-17-18(13-24-26(8,9)20(5,6)7)21(17)25(22,23)19-15(3)11-14(2)12-16(19)4/h1,11-12,17-18H,13H2,2-9H3/t17-,18-,21?/m1/s1. The molecule has 1 aromatic carbocycles. The number of aryl methyl sites for hydroxylation is 3. The fourth-order valence-corrected chi connectivity index (χ4v) is 6.26. The van der Waals surface area contributed by atoms with Crippen LogP contribution in [-0.4, -0.2) is 39.7 Å². The molecule has 1 unspecified atom stereocenters. The summed E-state index contributed by atoms with van der Waals surface area (Å²) in [6, 6.07) is 3.09. The van der Waals surface area contributed by atoms with E-state index in [0.717, 1.165) is 16.7 Å². The van der Waals surface area contributed by atoms with Crippen LogP contribution < -0.4 is 0 Å². The SMILES string of the molecule is C#C[C@@H]1[C@@H](CO[Si](C)(C)C(C)(C)C)N1S(=O)(=O)c1c(C)cc(C)cc1C. The normalized spacial score (nSPS) is 23.6. The lowest BCUT2D eigenvalue weighted by atomic mass is 10.1. The largest absolute Gasteiger partial charge is 0.415 e. The summed E-state index contributed by atoms with van der Waals surface area (Å²) < 4.78 is 34.1. The molecule has 6 heteroatoms. The van der Waals surface area contributed by atoms with E-state index in [4.69, 9.17) is 10.8 Å². The number of sulfonamides is 1. The molecule has 2 rings (SSSR count). The Labute approximate surface area is 160 Å². The van der Waals surface area contributed by atoms with E-state index in [9.17, 15) is 8.42 Å². The number of hydrogen-bond donors (Lipinski definition) is 0. The molecule has 0 bridgehead atoms. The first kappa shape index (κ1) is 21.2. The summed E-state index contributed by atoms with van der Waals surface area (Å²) in [5.41, 5.74) is 2.57. The van der Waals surface area contributed by atoms with E-state index in [0.29, 0.717) is 11.5 Å². The van der Waals surface area contributed by atoms with Crippen LogP contribution in [0.3, 0.4) is 0 Å². The number of benzene rings is 1. The van der Waals surface area contributed by atoms with Gasteiger partial charge in [-0.2, -0.15) is 4.31 Å². The Morgan fingerprint density at radius 2 is 1.69 bits per heavy atom. The van der Waals surface area contributed by atoms with Crippen molar-refractivity contribution in [2.75, 3.05) is 6.61 Å². The maximum Gasteiger partial charge on any atom is 0.245 e. The molecular weight excluding hydrogens is 362 g/mol. The van der Waals surface area contributed by atoms with Gasteiger partial charge in [-0.15, -0.1) is 6.42 Å². The monoisotopic (exact) mass is 393 g/mol. The third kappa shape index (κ3) is 3.77. The minimum Gasteiger partial charge on any atom is -0.415 e. The predicted octanol–water partition coefficient (Wildman–Crippen LogP) is 4.01. The molecule has 0 saturated carbocycles. The Kier molecular flexibility index (Phi) is 5.53. The molecule has 144 valence electrons. The highest BCUT2D eigenvalue weighted by atomic mass is 32.2. The molecule has 0 aromatic heterocycles. The zero-order chi connectivity index (χ0) is 20.1. The Bertz CT molecular complexity index is 824. The lowest BCUT2D eigenvalue weighted by Crippen LogP contribution is -2.42. The van der Waals surface area contributed by atoms with Crippen LogP contribution in [0.5, 0.6) is 0 Å². The van der Waals surface area contributed by atoms with Crippen molar-refractivity contribution in [1.29, 1.82) is 0 Å². The van der Waals surface area contributed by atoms with E-state index in [-0.39, 0.29) is 11.1 Å². The number of nitrogens with zero attached hydrogens (tertiary/aromatic N) is 1. The minimum atomic E-state index is -3.63. The summed E-state index contributed by atoms with van der Waals surface area (Å²) >= 11 is 0. The molecule has 0 spiro atoms. The van der Waals surface area contributed by atoms with Gasteiger partial charge in [0, 0.05) is 0 Å². The summed E-state index contributed by atoms with van der Waals surface area (Å²) in [7, 11) is -5.59. The molecule has 4 nitrogen and oxygen atoms in total. The van der Waals surface area contributed by atoms with Crippen molar-refractivity contribution in [2.45, 2.75) is 76.7 Å². The lowest BCUT2D eigenvalue weighted by molar-refractivity contribution is 0.281. The van der Waals surface area contributed by atoms with Crippen molar-refractivity contribution >= 4 is 18.3 Å². The smallest absolute Gasteiger partial charge is 0.245 e. The van der Waals surface area contributed by atoms with E-state index in [1.54, 1.807) is 0 Å². The molecule has 0 amide bonds. The molecule has 3 atom stereocenters. The highest BCUT2D eigenvalue weighted by Crippen LogP contribution is 2.41. The maximum atomic E-state index is 13.2. The fraction of sp³-hybridized carbons (Fsp3) is 0.600. The first-order valence-corrected chi connectivity index (χ1v) is 13.3. The van der Waals surface area contributed by atoms with Crippen LogP contribution in [0.2, 0.25) is 18.1 Å². The summed E-state index contributed by atoms with van der Waals surface area (Å²) in [4.78, 5) is 0.373. The Hall–Kier alpha value is -1.13. The van der Waals surface area contributed by atoms with Gasteiger partial charge in [0.05, 0.1) is 17.5 Å². The third-order valence-corrected chi connectivity index (χ3v) is 12.3. The van der Waals surface area contributed by atoms with Crippen LogP contribution in [0.4, 0.5) is 0 Å². The van der Waals surface area contributed by atoms with Crippen LogP contribution in [0.25, 0.3) is 0 Å². The highest BCUT2D eigenvalue weighted by molar-refractivity contribution is 7.89. The quantitative estimate of drug-likeness (QED) is 0.431. The predicted molar refractivity (Wildman–Crippen MR) is 109 cm³/mol. The Balaban J connectivity index is 2.28. The maximum absolute atomic E-state index is 13.2. The van der Waals surface area contributed by atoms with Crippen molar-refractivity contribution in [3.05, 3.63) is 28.8 Å². The van der Waals surface area contributed by atoms with Crippen LogP contribution in [0.1, 0.15) is 37.5 Å². The van der Waals surface area contributed by atoms with Crippen molar-refractivity contribution in [3.63, 3.8) is 0 Å². The van der Waals surface area contributed by atoms with Gasteiger partial charge in [0.15, 0.2) is 8.32 Å². The molecule has 1 aliphatic rings. The van der Waals surface area contributed by atoms with Crippen molar-refractivity contribution in [1.82, 2.24) is 4.31 Å².